The average Bonchev–Trinajstić information content (AvgIpc) is 3.46. The Bertz CT molecular complexity index is 1030. The summed E-state index contributed by atoms with van der Waals surface area (Å²) in [5.41, 5.74) is 8.97. The third-order valence-electron chi connectivity index (χ3n) is 6.45. The van der Waals surface area contributed by atoms with Crippen LogP contribution in [0.5, 0.6) is 0 Å². The van der Waals surface area contributed by atoms with Crippen molar-refractivity contribution in [3.05, 3.63) is 59.2 Å². The molecule has 0 radical (unpaired) electrons. The summed E-state index contributed by atoms with van der Waals surface area (Å²) in [6.07, 6.45) is 5.19. The minimum Gasteiger partial charge on any atom is -0.395 e. The largest absolute Gasteiger partial charge is 0.395 e. The number of nitrogens with one attached hydrogen (secondary N) is 1. The Hall–Kier alpha value is -3.39. The van der Waals surface area contributed by atoms with Gasteiger partial charge in [0, 0.05) is 36.4 Å². The molecule has 2 aromatic carbocycles. The highest BCUT2D eigenvalue weighted by molar-refractivity contribution is 5.95. The normalized spacial score (nSPS) is 15.4. The number of nitrogens with zero attached hydrogens (tertiary/aromatic N) is 2. The van der Waals surface area contributed by atoms with E-state index in [9.17, 15) is 19.5 Å². The van der Waals surface area contributed by atoms with Crippen molar-refractivity contribution in [1.82, 2.24) is 4.90 Å². The first-order chi connectivity index (χ1) is 15.9. The molecule has 1 heterocycles. The highest BCUT2D eigenvalue weighted by atomic mass is 16.3. The zero-order valence-corrected chi connectivity index (χ0v) is 18.6. The minimum atomic E-state index is -0.500. The van der Waals surface area contributed by atoms with Gasteiger partial charge in [-0.25, -0.2) is 4.79 Å². The molecule has 0 spiro atoms. The Morgan fingerprint density at radius 1 is 1.03 bits per heavy atom. The van der Waals surface area contributed by atoms with Crippen LogP contribution in [-0.4, -0.2) is 41.0 Å². The van der Waals surface area contributed by atoms with Crippen LogP contribution < -0.4 is 16.0 Å². The third kappa shape index (κ3) is 5.34. The molecule has 174 valence electrons. The summed E-state index contributed by atoms with van der Waals surface area (Å²) in [7, 11) is 0. The standard InChI is InChI=1S/C25H30N4O4/c26-24(32)18-5-6-19-15-28(16-20(19)14-18)25(33)29(11-12-30)22-9-7-21(8-10-22)27-23(31)13-17-3-1-2-4-17/h5-10,14,17,30H,1-4,11-13,15-16H2,(H2,26,32)(H,27,31). The predicted octanol–water partition coefficient (Wildman–Crippen LogP) is 3.24. The van der Waals surface area contributed by atoms with Crippen molar-refractivity contribution in [2.75, 3.05) is 23.4 Å². The van der Waals surface area contributed by atoms with Crippen LogP contribution in [0.25, 0.3) is 0 Å². The number of urea groups is 1. The summed E-state index contributed by atoms with van der Waals surface area (Å²) in [5.74, 6) is -0.00594. The van der Waals surface area contributed by atoms with E-state index in [1.807, 2.05) is 6.07 Å². The molecule has 1 aliphatic carbocycles. The smallest absolute Gasteiger partial charge is 0.325 e. The summed E-state index contributed by atoms with van der Waals surface area (Å²) in [5, 5.41) is 12.5. The molecule has 0 unspecified atom stereocenters. The summed E-state index contributed by atoms with van der Waals surface area (Å²) in [6.45, 7) is 0.751. The van der Waals surface area contributed by atoms with Crippen LogP contribution in [-0.2, 0) is 17.9 Å². The first kappa shape index (κ1) is 22.8. The van der Waals surface area contributed by atoms with Gasteiger partial charge in [-0.05, 0) is 66.3 Å². The van der Waals surface area contributed by atoms with E-state index in [1.165, 1.54) is 17.7 Å². The number of hydrogen-bond acceptors (Lipinski definition) is 4. The predicted molar refractivity (Wildman–Crippen MR) is 126 cm³/mol. The Morgan fingerprint density at radius 2 is 1.73 bits per heavy atom. The summed E-state index contributed by atoms with van der Waals surface area (Å²) >= 11 is 0. The van der Waals surface area contributed by atoms with Crippen LogP contribution in [0.4, 0.5) is 16.2 Å². The second-order valence-electron chi connectivity index (χ2n) is 8.81. The maximum absolute atomic E-state index is 13.3. The molecule has 2 aromatic rings. The highest BCUT2D eigenvalue weighted by Crippen LogP contribution is 2.29. The number of nitrogens with two attached hydrogens (primary N) is 1. The molecule has 1 saturated carbocycles. The molecular weight excluding hydrogens is 420 g/mol. The van der Waals surface area contributed by atoms with E-state index in [-0.39, 0.29) is 25.1 Å². The molecule has 0 aromatic heterocycles. The molecule has 8 heteroatoms. The second kappa shape index (κ2) is 10.0. The van der Waals surface area contributed by atoms with Crippen LogP contribution in [0.2, 0.25) is 0 Å². The molecule has 4 amide bonds. The van der Waals surface area contributed by atoms with E-state index < -0.39 is 5.91 Å². The van der Waals surface area contributed by atoms with Gasteiger partial charge in [0.25, 0.3) is 0 Å². The van der Waals surface area contributed by atoms with E-state index in [0.717, 1.165) is 24.0 Å². The number of hydrogen-bond donors (Lipinski definition) is 3. The van der Waals surface area contributed by atoms with E-state index in [2.05, 4.69) is 5.32 Å². The quantitative estimate of drug-likeness (QED) is 0.600. The van der Waals surface area contributed by atoms with Crippen molar-refractivity contribution >= 4 is 29.2 Å². The number of aliphatic hydroxyl groups is 1. The Kier molecular flexibility index (Phi) is 6.93. The number of benzene rings is 2. The van der Waals surface area contributed by atoms with E-state index in [4.69, 9.17) is 5.73 Å². The molecular formula is C25H30N4O4. The van der Waals surface area contributed by atoms with Crippen molar-refractivity contribution in [2.45, 2.75) is 45.2 Å². The molecule has 1 fully saturated rings. The molecule has 4 N–H and O–H groups in total. The number of aliphatic hydroxyl groups excluding tert-OH is 1. The topological polar surface area (TPSA) is 116 Å². The van der Waals surface area contributed by atoms with E-state index in [1.54, 1.807) is 41.3 Å². The maximum atomic E-state index is 13.3. The lowest BCUT2D eigenvalue weighted by Gasteiger charge is -2.27. The lowest BCUT2D eigenvalue weighted by molar-refractivity contribution is -0.117. The van der Waals surface area contributed by atoms with Crippen molar-refractivity contribution in [3.8, 4) is 0 Å². The zero-order chi connectivity index (χ0) is 23.4. The fourth-order valence-electron chi connectivity index (χ4n) is 4.70. The molecule has 0 atom stereocenters. The van der Waals surface area contributed by atoms with Gasteiger partial charge in [-0.3, -0.25) is 14.5 Å². The van der Waals surface area contributed by atoms with Crippen molar-refractivity contribution < 1.29 is 19.5 Å². The Labute approximate surface area is 193 Å². The SMILES string of the molecule is NC(=O)c1ccc2c(c1)CN(C(=O)N(CCO)c1ccc(NC(=O)CC3CCCC3)cc1)C2. The van der Waals surface area contributed by atoms with Crippen LogP contribution >= 0.6 is 0 Å². The molecule has 8 nitrogen and oxygen atoms in total. The van der Waals surface area contributed by atoms with E-state index in [0.29, 0.717) is 42.4 Å². The van der Waals surface area contributed by atoms with Gasteiger partial charge in [0.05, 0.1) is 13.2 Å². The monoisotopic (exact) mass is 450 g/mol. The minimum absolute atomic E-state index is 0.0168. The number of anilines is 2. The lowest BCUT2D eigenvalue weighted by atomic mass is 10.0. The van der Waals surface area contributed by atoms with Gasteiger partial charge in [-0.15, -0.1) is 0 Å². The van der Waals surface area contributed by atoms with Gasteiger partial charge >= 0.3 is 6.03 Å². The van der Waals surface area contributed by atoms with Crippen molar-refractivity contribution in [1.29, 1.82) is 0 Å². The fraction of sp³-hybridized carbons (Fsp3) is 0.400. The number of carbonyl (C=O) groups excluding carboxylic acids is 3. The Morgan fingerprint density at radius 3 is 2.39 bits per heavy atom. The molecule has 0 bridgehead atoms. The molecule has 33 heavy (non-hydrogen) atoms. The summed E-state index contributed by atoms with van der Waals surface area (Å²) in [6, 6.07) is 12.1. The average molecular weight is 451 g/mol. The van der Waals surface area contributed by atoms with Crippen LogP contribution in [0, 0.1) is 5.92 Å². The van der Waals surface area contributed by atoms with Gasteiger partial charge in [0.2, 0.25) is 11.8 Å². The van der Waals surface area contributed by atoms with Gasteiger partial charge in [-0.1, -0.05) is 18.9 Å². The van der Waals surface area contributed by atoms with Crippen LogP contribution in [0.3, 0.4) is 0 Å². The van der Waals surface area contributed by atoms with Crippen LogP contribution in [0.1, 0.15) is 53.6 Å². The van der Waals surface area contributed by atoms with Gasteiger partial charge < -0.3 is 21.1 Å². The van der Waals surface area contributed by atoms with Gasteiger partial charge in [0.15, 0.2) is 0 Å². The molecule has 4 rings (SSSR count). The fourth-order valence-corrected chi connectivity index (χ4v) is 4.70. The number of primary amides is 1. The maximum Gasteiger partial charge on any atom is 0.325 e. The van der Waals surface area contributed by atoms with E-state index >= 15 is 0 Å². The number of fused-ring (bicyclic) bond motifs is 1. The Balaban J connectivity index is 1.41. The van der Waals surface area contributed by atoms with Crippen LogP contribution in [0.15, 0.2) is 42.5 Å². The first-order valence-electron chi connectivity index (χ1n) is 11.4. The first-order valence-corrected chi connectivity index (χ1v) is 11.4. The zero-order valence-electron chi connectivity index (χ0n) is 18.6. The number of amides is 4. The lowest BCUT2D eigenvalue weighted by Crippen LogP contribution is -2.42. The highest BCUT2D eigenvalue weighted by Gasteiger charge is 2.28. The summed E-state index contributed by atoms with van der Waals surface area (Å²) < 4.78 is 0. The third-order valence-corrected chi connectivity index (χ3v) is 6.45. The second-order valence-corrected chi connectivity index (χ2v) is 8.81. The molecule has 0 saturated heterocycles. The molecule has 1 aliphatic heterocycles. The van der Waals surface area contributed by atoms with Crippen molar-refractivity contribution in [2.24, 2.45) is 11.7 Å². The number of carbonyl (C=O) groups is 3. The summed E-state index contributed by atoms with van der Waals surface area (Å²) in [4.78, 5) is 40.2. The van der Waals surface area contributed by atoms with Crippen molar-refractivity contribution in [3.63, 3.8) is 0 Å². The van der Waals surface area contributed by atoms with Gasteiger partial charge in [0.1, 0.15) is 0 Å². The van der Waals surface area contributed by atoms with Gasteiger partial charge in [-0.2, -0.15) is 0 Å². The number of rotatable bonds is 7. The molecule has 2 aliphatic rings.